The molecule has 3 heterocycles. The van der Waals surface area contributed by atoms with Crippen molar-refractivity contribution in [3.63, 3.8) is 0 Å². The van der Waals surface area contributed by atoms with E-state index in [-0.39, 0.29) is 39.7 Å². The monoisotopic (exact) mass is 574 g/mol. The Kier molecular flexibility index (Phi) is 9.17. The van der Waals surface area contributed by atoms with Crippen LogP contribution in [0.15, 0.2) is 87.5 Å². The zero-order valence-corrected chi connectivity index (χ0v) is 23.1. The average Bonchev–Trinajstić information content (AvgIpc) is 3.71. The van der Waals surface area contributed by atoms with Gasteiger partial charge in [-0.2, -0.15) is 0 Å². The van der Waals surface area contributed by atoms with Crippen molar-refractivity contribution in [2.45, 2.75) is 6.42 Å². The van der Waals surface area contributed by atoms with Crippen molar-refractivity contribution in [3.8, 4) is 11.5 Å². The largest absolute Gasteiger partial charge is 0.469 e. The van der Waals surface area contributed by atoms with Gasteiger partial charge in [-0.25, -0.2) is 14.4 Å². The van der Waals surface area contributed by atoms with Gasteiger partial charge in [0.05, 0.1) is 58.1 Å². The highest BCUT2D eigenvalue weighted by Crippen LogP contribution is 2.47. The molecule has 3 aromatic heterocycles. The van der Waals surface area contributed by atoms with Crippen molar-refractivity contribution < 1.29 is 47.0 Å². The topological polar surface area (TPSA) is 148 Å². The van der Waals surface area contributed by atoms with Crippen molar-refractivity contribution in [1.29, 1.82) is 0 Å². The first kappa shape index (κ1) is 29.3. The standard InChI is InChI=1S/C30H26N2O10/c1-37-22(33)17-19(28(34)38-2)24(20-13-8-9-15-31-20)32(18-11-6-5-7-12-18)25-23(29(35)39-3)27(30(36)40-4)42-26(25)21-14-10-16-41-21/h5-16H,17H2,1-4H3/b24-19+. The van der Waals surface area contributed by atoms with Crippen LogP contribution in [0.1, 0.15) is 33.0 Å². The highest BCUT2D eigenvalue weighted by molar-refractivity contribution is 6.13. The number of benzene rings is 1. The normalized spacial score (nSPS) is 11.2. The zero-order valence-electron chi connectivity index (χ0n) is 23.1. The summed E-state index contributed by atoms with van der Waals surface area (Å²) in [5.74, 6) is -4.01. The first-order valence-electron chi connectivity index (χ1n) is 12.4. The van der Waals surface area contributed by atoms with Gasteiger partial charge in [0, 0.05) is 11.9 Å². The van der Waals surface area contributed by atoms with Crippen LogP contribution < -0.4 is 4.90 Å². The molecular weight excluding hydrogens is 548 g/mol. The zero-order chi connectivity index (χ0) is 30.2. The minimum atomic E-state index is -0.978. The molecule has 12 heteroatoms. The second-order valence-corrected chi connectivity index (χ2v) is 8.40. The van der Waals surface area contributed by atoms with Crippen LogP contribution in [0.3, 0.4) is 0 Å². The van der Waals surface area contributed by atoms with Gasteiger partial charge in [0.2, 0.25) is 5.76 Å². The van der Waals surface area contributed by atoms with E-state index < -0.39 is 36.1 Å². The van der Waals surface area contributed by atoms with Gasteiger partial charge in [-0.05, 0) is 36.4 Å². The first-order chi connectivity index (χ1) is 20.4. The number of anilines is 2. The number of ether oxygens (including phenoxy) is 4. The van der Waals surface area contributed by atoms with E-state index in [9.17, 15) is 19.2 Å². The molecule has 4 rings (SSSR count). The first-order valence-corrected chi connectivity index (χ1v) is 12.4. The Morgan fingerprint density at radius 3 is 2.10 bits per heavy atom. The fourth-order valence-corrected chi connectivity index (χ4v) is 4.18. The maximum absolute atomic E-state index is 13.4. The number of nitrogens with zero attached hydrogens (tertiary/aromatic N) is 2. The molecule has 0 unspecified atom stereocenters. The molecule has 4 aromatic rings. The molecular formula is C30H26N2O10. The quantitative estimate of drug-likeness (QED) is 0.146. The number of carbonyl (C=O) groups is 4. The van der Waals surface area contributed by atoms with Gasteiger partial charge in [-0.3, -0.25) is 9.78 Å². The lowest BCUT2D eigenvalue weighted by molar-refractivity contribution is -0.143. The SMILES string of the molecule is COC(=O)C/C(C(=O)OC)=C(/c1ccccn1)N(c1ccccc1)c1c(-c2ccco2)oc(C(=O)OC)c1C(=O)OC. The second kappa shape index (κ2) is 13.1. The van der Waals surface area contributed by atoms with Crippen LogP contribution in [0.5, 0.6) is 0 Å². The predicted molar refractivity (Wildman–Crippen MR) is 147 cm³/mol. The number of esters is 4. The summed E-state index contributed by atoms with van der Waals surface area (Å²) in [6.07, 6.45) is 2.32. The molecule has 0 bridgehead atoms. The average molecular weight is 575 g/mol. The van der Waals surface area contributed by atoms with Gasteiger partial charge in [-0.1, -0.05) is 24.3 Å². The van der Waals surface area contributed by atoms with Crippen LogP contribution in [-0.2, 0) is 28.5 Å². The Morgan fingerprint density at radius 1 is 0.810 bits per heavy atom. The molecule has 0 radical (unpaired) electrons. The summed E-state index contributed by atoms with van der Waals surface area (Å²) in [4.78, 5) is 58.2. The van der Waals surface area contributed by atoms with Gasteiger partial charge in [-0.15, -0.1) is 0 Å². The molecule has 0 aliphatic heterocycles. The van der Waals surface area contributed by atoms with E-state index in [2.05, 4.69) is 4.98 Å². The molecule has 42 heavy (non-hydrogen) atoms. The molecule has 1 aromatic carbocycles. The molecule has 0 saturated carbocycles. The highest BCUT2D eigenvalue weighted by atomic mass is 16.5. The van der Waals surface area contributed by atoms with Gasteiger partial charge in [0.15, 0.2) is 11.5 Å². The summed E-state index contributed by atoms with van der Waals surface area (Å²) in [6, 6.07) is 16.6. The van der Waals surface area contributed by atoms with Gasteiger partial charge < -0.3 is 32.7 Å². The van der Waals surface area contributed by atoms with E-state index in [4.69, 9.17) is 27.8 Å². The number of carbonyl (C=O) groups excluding carboxylic acids is 4. The van der Waals surface area contributed by atoms with E-state index in [0.29, 0.717) is 5.69 Å². The van der Waals surface area contributed by atoms with E-state index in [0.717, 1.165) is 21.3 Å². The smallest absolute Gasteiger partial charge is 0.374 e. The van der Waals surface area contributed by atoms with Gasteiger partial charge in [0.25, 0.3) is 0 Å². The summed E-state index contributed by atoms with van der Waals surface area (Å²) < 4.78 is 31.5. The Morgan fingerprint density at radius 2 is 1.52 bits per heavy atom. The van der Waals surface area contributed by atoms with E-state index in [1.807, 2.05) is 0 Å². The number of pyridine rings is 1. The van der Waals surface area contributed by atoms with E-state index in [1.54, 1.807) is 60.7 Å². The summed E-state index contributed by atoms with van der Waals surface area (Å²) in [6.45, 7) is 0. The van der Waals surface area contributed by atoms with Crippen molar-refractivity contribution >= 4 is 40.9 Å². The highest BCUT2D eigenvalue weighted by Gasteiger charge is 2.39. The number of furan rings is 2. The van der Waals surface area contributed by atoms with Gasteiger partial charge in [0.1, 0.15) is 11.3 Å². The molecule has 0 aliphatic rings. The van der Waals surface area contributed by atoms with Crippen LogP contribution in [0, 0.1) is 0 Å². The fourth-order valence-electron chi connectivity index (χ4n) is 4.18. The van der Waals surface area contributed by atoms with Crippen molar-refractivity contribution in [1.82, 2.24) is 4.98 Å². The Balaban J connectivity index is 2.26. The van der Waals surface area contributed by atoms with Crippen molar-refractivity contribution in [2.75, 3.05) is 33.3 Å². The van der Waals surface area contributed by atoms with E-state index in [1.165, 1.54) is 24.5 Å². The third-order valence-corrected chi connectivity index (χ3v) is 6.02. The summed E-state index contributed by atoms with van der Waals surface area (Å²) in [5, 5.41) is 0. The Bertz CT molecular complexity index is 1610. The molecule has 216 valence electrons. The molecule has 0 amide bonds. The number of rotatable bonds is 10. The summed E-state index contributed by atoms with van der Waals surface area (Å²) >= 11 is 0. The fraction of sp³-hybridized carbons (Fsp3) is 0.167. The van der Waals surface area contributed by atoms with Crippen LogP contribution >= 0.6 is 0 Å². The Labute approximate surface area is 240 Å². The number of para-hydroxylation sites is 1. The third kappa shape index (κ3) is 5.77. The maximum atomic E-state index is 13.4. The summed E-state index contributed by atoms with van der Waals surface area (Å²) in [7, 11) is 4.59. The molecule has 0 N–H and O–H groups in total. The van der Waals surface area contributed by atoms with Crippen LogP contribution in [0.25, 0.3) is 17.2 Å². The van der Waals surface area contributed by atoms with E-state index >= 15 is 0 Å². The molecule has 0 fully saturated rings. The molecule has 0 atom stereocenters. The molecule has 0 spiro atoms. The summed E-state index contributed by atoms with van der Waals surface area (Å²) in [5.41, 5.74) is 0.0288. The van der Waals surface area contributed by atoms with Crippen LogP contribution in [0.2, 0.25) is 0 Å². The van der Waals surface area contributed by atoms with Crippen molar-refractivity contribution in [3.05, 3.63) is 95.7 Å². The Hall–Kier alpha value is -5.65. The van der Waals surface area contributed by atoms with Crippen LogP contribution in [-0.4, -0.2) is 57.3 Å². The number of hydrogen-bond donors (Lipinski definition) is 0. The lowest BCUT2D eigenvalue weighted by atomic mass is 10.0. The van der Waals surface area contributed by atoms with Gasteiger partial charge >= 0.3 is 23.9 Å². The lowest BCUT2D eigenvalue weighted by Crippen LogP contribution is -2.25. The molecule has 12 nitrogen and oxygen atoms in total. The lowest BCUT2D eigenvalue weighted by Gasteiger charge is -2.29. The van der Waals surface area contributed by atoms with Crippen LogP contribution in [0.4, 0.5) is 11.4 Å². The number of aromatic nitrogens is 1. The number of hydrogen-bond acceptors (Lipinski definition) is 12. The minimum absolute atomic E-state index is 0.0224. The molecule has 0 saturated heterocycles. The minimum Gasteiger partial charge on any atom is -0.469 e. The third-order valence-electron chi connectivity index (χ3n) is 6.02. The number of methoxy groups -OCH3 is 4. The van der Waals surface area contributed by atoms with Crippen molar-refractivity contribution in [2.24, 2.45) is 0 Å². The predicted octanol–water partition coefficient (Wildman–Crippen LogP) is 4.79. The molecule has 0 aliphatic carbocycles. The second-order valence-electron chi connectivity index (χ2n) is 8.40. The maximum Gasteiger partial charge on any atom is 0.374 e.